The van der Waals surface area contributed by atoms with Crippen molar-refractivity contribution < 1.29 is 4.74 Å². The van der Waals surface area contributed by atoms with Crippen LogP contribution in [0.1, 0.15) is 38.7 Å². The molecule has 0 unspecified atom stereocenters. The summed E-state index contributed by atoms with van der Waals surface area (Å²) < 4.78 is 5.04. The fourth-order valence-electron chi connectivity index (χ4n) is 1.72. The van der Waals surface area contributed by atoms with E-state index in [1.165, 1.54) is 19.3 Å². The number of nitrogens with one attached hydrogen (secondary N) is 2. The van der Waals surface area contributed by atoms with E-state index in [9.17, 15) is 0 Å². The van der Waals surface area contributed by atoms with Gasteiger partial charge < -0.3 is 15.4 Å². The standard InChI is InChI=1S/C15H26N4O.HI/c1-4-6-7-10-17-15(16-5-2)19-12-13-8-9-14(20-3)18-11-13;/h8-9,11H,4-7,10,12H2,1-3H3,(H2,16,17,19);1H. The Hall–Kier alpha value is -1.05. The van der Waals surface area contributed by atoms with Crippen molar-refractivity contribution in [3.05, 3.63) is 23.9 Å². The summed E-state index contributed by atoms with van der Waals surface area (Å²) in [5.41, 5.74) is 1.07. The summed E-state index contributed by atoms with van der Waals surface area (Å²) in [5, 5.41) is 6.59. The number of unbranched alkanes of at least 4 members (excludes halogenated alkanes) is 2. The maximum absolute atomic E-state index is 5.04. The van der Waals surface area contributed by atoms with Gasteiger partial charge in [0.25, 0.3) is 0 Å². The minimum absolute atomic E-state index is 0. The number of rotatable bonds is 8. The molecule has 0 bridgehead atoms. The third-order valence-electron chi connectivity index (χ3n) is 2.84. The second-order valence-corrected chi connectivity index (χ2v) is 4.54. The third-order valence-corrected chi connectivity index (χ3v) is 2.84. The molecule has 21 heavy (non-hydrogen) atoms. The Labute approximate surface area is 145 Å². The average Bonchev–Trinajstić information content (AvgIpc) is 2.49. The molecule has 0 aromatic carbocycles. The number of halogens is 1. The molecule has 0 radical (unpaired) electrons. The molecule has 5 nitrogen and oxygen atoms in total. The Kier molecular flexibility index (Phi) is 12.0. The Morgan fingerprint density at radius 1 is 1.24 bits per heavy atom. The quantitative estimate of drug-likeness (QED) is 0.302. The van der Waals surface area contributed by atoms with E-state index in [1.807, 2.05) is 12.1 Å². The molecular formula is C15H27IN4O. The van der Waals surface area contributed by atoms with Crippen LogP contribution in [0.4, 0.5) is 0 Å². The third kappa shape index (κ3) is 8.75. The molecule has 0 saturated carbocycles. The Morgan fingerprint density at radius 3 is 2.62 bits per heavy atom. The second-order valence-electron chi connectivity index (χ2n) is 4.54. The van der Waals surface area contributed by atoms with E-state index in [1.54, 1.807) is 13.3 Å². The molecule has 0 atom stereocenters. The highest BCUT2D eigenvalue weighted by atomic mass is 127. The van der Waals surface area contributed by atoms with Gasteiger partial charge in [-0.2, -0.15) is 0 Å². The number of aliphatic imine (C=N–C) groups is 1. The zero-order valence-electron chi connectivity index (χ0n) is 13.2. The molecule has 1 aromatic rings. The number of aromatic nitrogens is 1. The van der Waals surface area contributed by atoms with E-state index >= 15 is 0 Å². The van der Waals surface area contributed by atoms with Crippen molar-refractivity contribution in [2.75, 3.05) is 20.2 Å². The van der Waals surface area contributed by atoms with Crippen LogP contribution in [0.15, 0.2) is 23.3 Å². The first-order chi connectivity index (χ1) is 9.80. The van der Waals surface area contributed by atoms with Gasteiger partial charge in [-0.25, -0.2) is 9.98 Å². The molecule has 0 aliphatic rings. The van der Waals surface area contributed by atoms with Crippen LogP contribution in [0.25, 0.3) is 0 Å². The predicted octanol–water partition coefficient (Wildman–Crippen LogP) is 2.95. The number of methoxy groups -OCH3 is 1. The van der Waals surface area contributed by atoms with Crippen molar-refractivity contribution >= 4 is 29.9 Å². The van der Waals surface area contributed by atoms with E-state index in [0.29, 0.717) is 12.4 Å². The Balaban J connectivity index is 0.00000400. The van der Waals surface area contributed by atoms with Crippen LogP contribution in [0, 0.1) is 0 Å². The van der Waals surface area contributed by atoms with Gasteiger partial charge in [-0.1, -0.05) is 25.8 Å². The lowest BCUT2D eigenvalue weighted by molar-refractivity contribution is 0.397. The zero-order valence-corrected chi connectivity index (χ0v) is 15.5. The van der Waals surface area contributed by atoms with Gasteiger partial charge in [0.1, 0.15) is 0 Å². The topological polar surface area (TPSA) is 58.5 Å². The number of pyridine rings is 1. The first kappa shape index (κ1) is 19.9. The molecule has 0 fully saturated rings. The van der Waals surface area contributed by atoms with Gasteiger partial charge in [0.15, 0.2) is 5.96 Å². The highest BCUT2D eigenvalue weighted by molar-refractivity contribution is 14.0. The summed E-state index contributed by atoms with van der Waals surface area (Å²) >= 11 is 0. The molecule has 0 amide bonds. The van der Waals surface area contributed by atoms with Gasteiger partial charge in [-0.05, 0) is 18.9 Å². The molecule has 1 rings (SSSR count). The van der Waals surface area contributed by atoms with Crippen molar-refractivity contribution in [1.82, 2.24) is 15.6 Å². The Bertz CT molecular complexity index is 395. The molecule has 0 saturated heterocycles. The molecule has 0 spiro atoms. The molecular weight excluding hydrogens is 379 g/mol. The van der Waals surface area contributed by atoms with Gasteiger partial charge in [0.05, 0.1) is 13.7 Å². The summed E-state index contributed by atoms with van der Waals surface area (Å²) in [7, 11) is 1.61. The van der Waals surface area contributed by atoms with Crippen LogP contribution in [0.2, 0.25) is 0 Å². The largest absolute Gasteiger partial charge is 0.481 e. The maximum Gasteiger partial charge on any atom is 0.212 e. The summed E-state index contributed by atoms with van der Waals surface area (Å²) in [6.45, 7) is 6.70. The highest BCUT2D eigenvalue weighted by Crippen LogP contribution is 2.07. The SMILES string of the molecule is CCCCCNC(=NCc1ccc(OC)nc1)NCC.I. The van der Waals surface area contributed by atoms with Crippen molar-refractivity contribution in [3.63, 3.8) is 0 Å². The molecule has 0 aliphatic carbocycles. The van der Waals surface area contributed by atoms with Gasteiger partial charge >= 0.3 is 0 Å². The highest BCUT2D eigenvalue weighted by Gasteiger charge is 1.98. The number of hydrogen-bond donors (Lipinski definition) is 2. The van der Waals surface area contributed by atoms with Crippen molar-refractivity contribution in [2.24, 2.45) is 4.99 Å². The van der Waals surface area contributed by atoms with Gasteiger partial charge in [-0.3, -0.25) is 0 Å². The van der Waals surface area contributed by atoms with E-state index in [4.69, 9.17) is 4.74 Å². The summed E-state index contributed by atoms with van der Waals surface area (Å²) in [6.07, 6.45) is 5.44. The minimum atomic E-state index is 0. The summed E-state index contributed by atoms with van der Waals surface area (Å²) in [5.74, 6) is 1.49. The molecule has 6 heteroatoms. The fourth-order valence-corrected chi connectivity index (χ4v) is 1.72. The summed E-state index contributed by atoms with van der Waals surface area (Å²) in [4.78, 5) is 8.73. The van der Waals surface area contributed by atoms with Gasteiger partial charge in [0, 0.05) is 25.4 Å². The monoisotopic (exact) mass is 406 g/mol. The molecule has 120 valence electrons. The number of guanidine groups is 1. The normalized spacial score (nSPS) is 10.7. The van der Waals surface area contributed by atoms with Crippen LogP contribution in [-0.4, -0.2) is 31.1 Å². The zero-order chi connectivity index (χ0) is 14.6. The van der Waals surface area contributed by atoms with E-state index in [-0.39, 0.29) is 24.0 Å². The van der Waals surface area contributed by atoms with Crippen LogP contribution in [-0.2, 0) is 6.54 Å². The smallest absolute Gasteiger partial charge is 0.212 e. The number of ether oxygens (including phenoxy) is 1. The molecule has 0 aliphatic heterocycles. The van der Waals surface area contributed by atoms with Crippen molar-refractivity contribution in [3.8, 4) is 5.88 Å². The second kappa shape index (κ2) is 12.7. The number of hydrogen-bond acceptors (Lipinski definition) is 3. The maximum atomic E-state index is 5.04. The van der Waals surface area contributed by atoms with Gasteiger partial charge in [-0.15, -0.1) is 24.0 Å². The van der Waals surface area contributed by atoms with E-state index < -0.39 is 0 Å². The molecule has 1 heterocycles. The summed E-state index contributed by atoms with van der Waals surface area (Å²) in [6, 6.07) is 3.84. The lowest BCUT2D eigenvalue weighted by atomic mass is 10.2. The van der Waals surface area contributed by atoms with Crippen LogP contribution >= 0.6 is 24.0 Å². The lowest BCUT2D eigenvalue weighted by Gasteiger charge is -2.11. The van der Waals surface area contributed by atoms with Crippen molar-refractivity contribution in [2.45, 2.75) is 39.7 Å². The first-order valence-electron chi connectivity index (χ1n) is 7.31. The fraction of sp³-hybridized carbons (Fsp3) is 0.600. The van der Waals surface area contributed by atoms with Crippen LogP contribution in [0.5, 0.6) is 5.88 Å². The molecule has 2 N–H and O–H groups in total. The van der Waals surface area contributed by atoms with Crippen LogP contribution in [0.3, 0.4) is 0 Å². The first-order valence-corrected chi connectivity index (χ1v) is 7.31. The minimum Gasteiger partial charge on any atom is -0.481 e. The molecule has 1 aromatic heterocycles. The average molecular weight is 406 g/mol. The number of nitrogens with zero attached hydrogens (tertiary/aromatic N) is 2. The van der Waals surface area contributed by atoms with E-state index in [0.717, 1.165) is 24.6 Å². The van der Waals surface area contributed by atoms with E-state index in [2.05, 4.69) is 34.5 Å². The Morgan fingerprint density at radius 2 is 2.05 bits per heavy atom. The predicted molar refractivity (Wildman–Crippen MR) is 98.5 cm³/mol. The van der Waals surface area contributed by atoms with Crippen LogP contribution < -0.4 is 15.4 Å². The van der Waals surface area contributed by atoms with Gasteiger partial charge in [0.2, 0.25) is 5.88 Å². The lowest BCUT2D eigenvalue weighted by Crippen LogP contribution is -2.37. The van der Waals surface area contributed by atoms with Crippen molar-refractivity contribution in [1.29, 1.82) is 0 Å².